The van der Waals surface area contributed by atoms with E-state index in [2.05, 4.69) is 31.2 Å². The summed E-state index contributed by atoms with van der Waals surface area (Å²) in [6.45, 7) is 2.64. The van der Waals surface area contributed by atoms with Crippen LogP contribution in [0.2, 0.25) is 0 Å². The molecule has 2 rings (SSSR count). The van der Waals surface area contributed by atoms with Gasteiger partial charge in [0, 0.05) is 36.7 Å². The lowest BCUT2D eigenvalue weighted by Gasteiger charge is -2.14. The molecule has 5 nitrogen and oxygen atoms in total. The monoisotopic (exact) mass is 308 g/mol. The number of hydrogen-bond donors (Lipinski definition) is 1. The van der Waals surface area contributed by atoms with Crippen LogP contribution in [0.4, 0.5) is 0 Å². The molecule has 94 valence electrons. The van der Waals surface area contributed by atoms with Crippen molar-refractivity contribution in [2.24, 2.45) is 0 Å². The van der Waals surface area contributed by atoms with Crippen LogP contribution in [-0.2, 0) is 6.54 Å². The summed E-state index contributed by atoms with van der Waals surface area (Å²) in [5.74, 6) is -0.106. The van der Waals surface area contributed by atoms with Gasteiger partial charge in [0.05, 0.1) is 6.33 Å². The minimum absolute atomic E-state index is 0.0265. The second kappa shape index (κ2) is 5.77. The highest BCUT2D eigenvalue weighted by Gasteiger charge is 2.10. The van der Waals surface area contributed by atoms with E-state index in [1.807, 2.05) is 17.7 Å². The van der Waals surface area contributed by atoms with Crippen molar-refractivity contribution in [3.05, 3.63) is 47.2 Å². The zero-order valence-corrected chi connectivity index (χ0v) is 11.5. The first-order valence-electron chi connectivity index (χ1n) is 5.53. The smallest absolute Gasteiger partial charge is 0.251 e. The van der Waals surface area contributed by atoms with Gasteiger partial charge in [-0.2, -0.15) is 0 Å². The van der Waals surface area contributed by atoms with E-state index in [-0.39, 0.29) is 11.9 Å². The number of halogens is 1. The molecule has 2 aromatic rings. The molecule has 0 aliphatic heterocycles. The van der Waals surface area contributed by atoms with Gasteiger partial charge in [0.1, 0.15) is 4.60 Å². The quantitative estimate of drug-likeness (QED) is 0.877. The van der Waals surface area contributed by atoms with Crippen LogP contribution in [0.1, 0.15) is 17.3 Å². The summed E-state index contributed by atoms with van der Waals surface area (Å²) >= 11 is 3.24. The normalized spacial score (nSPS) is 12.1. The molecule has 1 N–H and O–H groups in total. The Morgan fingerprint density at radius 3 is 3.06 bits per heavy atom. The maximum absolute atomic E-state index is 12.0. The van der Waals surface area contributed by atoms with E-state index in [4.69, 9.17) is 0 Å². The van der Waals surface area contributed by atoms with Gasteiger partial charge in [0.2, 0.25) is 0 Å². The molecule has 0 spiro atoms. The number of nitrogens with one attached hydrogen (secondary N) is 1. The summed E-state index contributed by atoms with van der Waals surface area (Å²) in [5, 5.41) is 2.93. The van der Waals surface area contributed by atoms with Crippen LogP contribution in [0, 0.1) is 0 Å². The Balaban J connectivity index is 1.95. The molecule has 0 saturated heterocycles. The second-order valence-corrected chi connectivity index (χ2v) is 4.81. The maximum Gasteiger partial charge on any atom is 0.251 e. The molecule has 0 radical (unpaired) electrons. The number of aromatic nitrogens is 3. The summed E-state index contributed by atoms with van der Waals surface area (Å²) in [4.78, 5) is 19.9. The minimum Gasteiger partial charge on any atom is -0.348 e. The fourth-order valence-corrected chi connectivity index (χ4v) is 1.97. The zero-order valence-electron chi connectivity index (χ0n) is 9.88. The lowest BCUT2D eigenvalue weighted by atomic mass is 10.2. The molecule has 0 bridgehead atoms. The third-order valence-electron chi connectivity index (χ3n) is 2.41. The van der Waals surface area contributed by atoms with Gasteiger partial charge in [-0.1, -0.05) is 0 Å². The van der Waals surface area contributed by atoms with Crippen molar-refractivity contribution < 1.29 is 4.79 Å². The van der Waals surface area contributed by atoms with Gasteiger partial charge in [-0.05, 0) is 35.0 Å². The van der Waals surface area contributed by atoms with Crippen LogP contribution in [-0.4, -0.2) is 26.5 Å². The van der Waals surface area contributed by atoms with Crippen LogP contribution in [0.3, 0.4) is 0 Å². The molecule has 0 aliphatic carbocycles. The molecule has 0 fully saturated rings. The van der Waals surface area contributed by atoms with Crippen molar-refractivity contribution in [3.8, 4) is 0 Å². The molecule has 1 amide bonds. The number of pyridine rings is 1. The van der Waals surface area contributed by atoms with E-state index in [0.717, 1.165) is 0 Å². The van der Waals surface area contributed by atoms with Crippen molar-refractivity contribution in [3.63, 3.8) is 0 Å². The lowest BCUT2D eigenvalue weighted by Crippen LogP contribution is -2.35. The number of carbonyl (C=O) groups excluding carboxylic acids is 1. The zero-order chi connectivity index (χ0) is 13.0. The lowest BCUT2D eigenvalue weighted by molar-refractivity contribution is 0.0936. The molecule has 0 saturated carbocycles. The van der Waals surface area contributed by atoms with Gasteiger partial charge in [0.25, 0.3) is 5.91 Å². The number of amides is 1. The summed E-state index contributed by atoms with van der Waals surface area (Å²) in [6, 6.07) is 3.40. The number of imidazole rings is 1. The fraction of sp³-hybridized carbons (Fsp3) is 0.250. The highest BCUT2D eigenvalue weighted by atomic mass is 79.9. The minimum atomic E-state index is -0.106. The summed E-state index contributed by atoms with van der Waals surface area (Å²) in [7, 11) is 0. The number of nitrogens with zero attached hydrogens (tertiary/aromatic N) is 3. The van der Waals surface area contributed by atoms with Crippen LogP contribution in [0.5, 0.6) is 0 Å². The first-order valence-corrected chi connectivity index (χ1v) is 6.32. The van der Waals surface area contributed by atoms with Gasteiger partial charge in [-0.15, -0.1) is 0 Å². The van der Waals surface area contributed by atoms with Gasteiger partial charge in [-0.3, -0.25) is 4.79 Å². The average molecular weight is 309 g/mol. The van der Waals surface area contributed by atoms with E-state index in [1.54, 1.807) is 30.9 Å². The highest BCUT2D eigenvalue weighted by Crippen LogP contribution is 2.08. The summed E-state index contributed by atoms with van der Waals surface area (Å²) in [6.07, 6.45) is 6.91. The Morgan fingerprint density at radius 2 is 2.39 bits per heavy atom. The van der Waals surface area contributed by atoms with Crippen LogP contribution in [0.15, 0.2) is 41.7 Å². The topological polar surface area (TPSA) is 59.8 Å². The summed E-state index contributed by atoms with van der Waals surface area (Å²) < 4.78 is 2.57. The first-order chi connectivity index (χ1) is 8.65. The van der Waals surface area contributed by atoms with Gasteiger partial charge in [0.15, 0.2) is 0 Å². The molecule has 1 atom stereocenters. The number of carbonyl (C=O) groups is 1. The predicted octanol–water partition coefficient (Wildman–Crippen LogP) is 1.86. The fourth-order valence-electron chi connectivity index (χ4n) is 1.61. The maximum atomic E-state index is 12.0. The average Bonchev–Trinajstić information content (AvgIpc) is 2.81. The Kier molecular flexibility index (Phi) is 4.09. The number of hydrogen-bond acceptors (Lipinski definition) is 3. The van der Waals surface area contributed by atoms with Crippen molar-refractivity contribution >= 4 is 21.8 Å². The highest BCUT2D eigenvalue weighted by molar-refractivity contribution is 9.10. The Morgan fingerprint density at radius 1 is 1.56 bits per heavy atom. The van der Waals surface area contributed by atoms with E-state index < -0.39 is 0 Å². The predicted molar refractivity (Wildman–Crippen MR) is 71.1 cm³/mol. The largest absolute Gasteiger partial charge is 0.348 e. The molecule has 2 aromatic heterocycles. The Bertz CT molecular complexity index is 527. The van der Waals surface area contributed by atoms with E-state index >= 15 is 0 Å². The molecular weight excluding hydrogens is 296 g/mol. The molecule has 18 heavy (non-hydrogen) atoms. The van der Waals surface area contributed by atoms with Gasteiger partial charge in [-0.25, -0.2) is 9.97 Å². The Labute approximate surface area is 113 Å². The van der Waals surface area contributed by atoms with Crippen molar-refractivity contribution in [2.45, 2.75) is 19.5 Å². The van der Waals surface area contributed by atoms with E-state index in [9.17, 15) is 4.79 Å². The van der Waals surface area contributed by atoms with Crippen LogP contribution >= 0.6 is 15.9 Å². The molecule has 2 heterocycles. The van der Waals surface area contributed by atoms with Crippen LogP contribution in [0.25, 0.3) is 0 Å². The van der Waals surface area contributed by atoms with Crippen molar-refractivity contribution in [2.75, 3.05) is 0 Å². The molecule has 0 aromatic carbocycles. The van der Waals surface area contributed by atoms with E-state index in [0.29, 0.717) is 16.7 Å². The second-order valence-electron chi connectivity index (χ2n) is 4.00. The standard InChI is InChI=1S/C12H13BrN4O/c1-9(7-17-5-4-14-8-17)16-12(18)10-2-3-15-11(13)6-10/h2-6,8-9H,7H2,1H3,(H,16,18). The molecule has 0 aliphatic rings. The molecule has 6 heteroatoms. The molecular formula is C12H13BrN4O. The van der Waals surface area contributed by atoms with E-state index in [1.165, 1.54) is 0 Å². The first kappa shape index (κ1) is 12.8. The third-order valence-corrected chi connectivity index (χ3v) is 2.84. The van der Waals surface area contributed by atoms with Crippen LogP contribution < -0.4 is 5.32 Å². The third kappa shape index (κ3) is 3.40. The molecule has 1 unspecified atom stereocenters. The summed E-state index contributed by atoms with van der Waals surface area (Å²) in [5.41, 5.74) is 0.592. The van der Waals surface area contributed by atoms with Gasteiger partial charge < -0.3 is 9.88 Å². The SMILES string of the molecule is CC(Cn1ccnc1)NC(=O)c1ccnc(Br)c1. The van der Waals surface area contributed by atoms with Crippen molar-refractivity contribution in [1.29, 1.82) is 0 Å². The van der Waals surface area contributed by atoms with Crippen molar-refractivity contribution in [1.82, 2.24) is 19.9 Å². The Hall–Kier alpha value is -1.69. The number of rotatable bonds is 4. The van der Waals surface area contributed by atoms with Gasteiger partial charge >= 0.3 is 0 Å².